The molecule has 1 saturated carbocycles. The van der Waals surface area contributed by atoms with Crippen LogP contribution in [0.25, 0.3) is 0 Å². The minimum absolute atomic E-state index is 0.0897. The smallest absolute Gasteiger partial charge is 0.217 e. The fourth-order valence-corrected chi connectivity index (χ4v) is 6.93. The largest absolute Gasteiger partial charge is 0.349 e. The van der Waals surface area contributed by atoms with Crippen molar-refractivity contribution in [3.63, 3.8) is 0 Å². The number of carbonyl (C=O) groups excluding carboxylic acids is 1. The normalized spacial score (nSPS) is 33.3. The van der Waals surface area contributed by atoms with Crippen molar-refractivity contribution < 1.29 is 4.79 Å². The molecule has 3 aliphatic carbocycles. The number of hydrogen-bond donors (Lipinski definition) is 1. The van der Waals surface area contributed by atoms with Crippen molar-refractivity contribution in [3.05, 3.63) is 47.5 Å². The van der Waals surface area contributed by atoms with E-state index in [-0.39, 0.29) is 17.4 Å². The summed E-state index contributed by atoms with van der Waals surface area (Å²) in [4.78, 5) is 14.5. The third kappa shape index (κ3) is 3.91. The predicted molar refractivity (Wildman–Crippen MR) is 118 cm³/mol. The number of rotatable bonds is 3. The lowest BCUT2D eigenvalue weighted by atomic mass is 9.73. The van der Waals surface area contributed by atoms with E-state index in [2.05, 4.69) is 46.6 Å². The van der Waals surface area contributed by atoms with Crippen molar-refractivity contribution in [3.8, 4) is 0 Å². The zero-order valence-electron chi connectivity index (χ0n) is 17.9. The summed E-state index contributed by atoms with van der Waals surface area (Å²) in [7, 11) is 0. The molecule has 2 bridgehead atoms. The van der Waals surface area contributed by atoms with Crippen LogP contribution in [0, 0.1) is 17.8 Å². The number of carbonyl (C=O) groups is 1. The number of benzene rings is 1. The molecule has 3 heteroatoms. The van der Waals surface area contributed by atoms with Gasteiger partial charge in [-0.15, -0.1) is 0 Å². The summed E-state index contributed by atoms with van der Waals surface area (Å²) in [5.41, 5.74) is 3.13. The van der Waals surface area contributed by atoms with Crippen molar-refractivity contribution in [2.45, 2.75) is 69.7 Å². The molecule has 2 fully saturated rings. The fraction of sp³-hybridized carbons (Fsp3) is 0.654. The minimum Gasteiger partial charge on any atom is -0.349 e. The molecule has 4 aliphatic rings. The maximum atomic E-state index is 11.7. The van der Waals surface area contributed by atoms with E-state index in [0.29, 0.717) is 0 Å². The Balaban J connectivity index is 1.23. The Morgan fingerprint density at radius 3 is 2.83 bits per heavy atom. The van der Waals surface area contributed by atoms with Crippen molar-refractivity contribution in [1.82, 2.24) is 10.2 Å². The van der Waals surface area contributed by atoms with Gasteiger partial charge in [0.1, 0.15) is 0 Å². The topological polar surface area (TPSA) is 32.3 Å². The Bertz CT molecular complexity index is 777. The van der Waals surface area contributed by atoms with Crippen molar-refractivity contribution in [1.29, 1.82) is 0 Å². The molecule has 1 N–H and O–H groups in total. The standard InChI is InChI=1S/C26H36N2O/c1-19(29)27-25-17-26(24-8-3-2-7-23(24)25)11-13-28(14-12-26)18-22-10-9-20-5-4-6-21(15-20)16-22/h2-4,6-8,20-22,25H,5,9-18H2,1H3,(H,27,29)/t20-,21+,22+,25?/m1/s1. The first-order valence-corrected chi connectivity index (χ1v) is 11.9. The summed E-state index contributed by atoms with van der Waals surface area (Å²) in [6.07, 6.45) is 15.6. The SMILES string of the molecule is CC(=O)NC1CC2(CCN(C[C@H]3CC[C@H]4CC=C[C@@H](C4)C3)CC2)c2ccccc21. The Morgan fingerprint density at radius 1 is 1.17 bits per heavy atom. The third-order valence-electron chi connectivity index (χ3n) is 8.34. The molecule has 1 aromatic rings. The van der Waals surface area contributed by atoms with E-state index in [0.717, 1.165) is 24.2 Å². The van der Waals surface area contributed by atoms with E-state index >= 15 is 0 Å². The summed E-state index contributed by atoms with van der Waals surface area (Å²) in [6.45, 7) is 5.36. The highest BCUT2D eigenvalue weighted by Crippen LogP contribution is 2.51. The molecule has 1 aromatic carbocycles. The van der Waals surface area contributed by atoms with Crippen LogP contribution in [0.1, 0.15) is 75.5 Å². The molecule has 4 atom stereocenters. The van der Waals surface area contributed by atoms with Crippen LogP contribution in [0.2, 0.25) is 0 Å². The van der Waals surface area contributed by atoms with Crippen LogP contribution in [0.3, 0.4) is 0 Å². The molecule has 5 rings (SSSR count). The quantitative estimate of drug-likeness (QED) is 0.736. The minimum atomic E-state index is 0.0897. The average Bonchev–Trinajstić information content (AvgIpc) is 2.93. The number of fused-ring (bicyclic) bond motifs is 4. The van der Waals surface area contributed by atoms with Gasteiger partial charge in [-0.1, -0.05) is 36.4 Å². The van der Waals surface area contributed by atoms with Gasteiger partial charge in [0.05, 0.1) is 6.04 Å². The lowest BCUT2D eigenvalue weighted by Gasteiger charge is -2.41. The van der Waals surface area contributed by atoms with Gasteiger partial charge in [-0.3, -0.25) is 4.79 Å². The highest BCUT2D eigenvalue weighted by Gasteiger charge is 2.45. The Hall–Kier alpha value is -1.61. The molecule has 0 aromatic heterocycles. The number of hydrogen-bond acceptors (Lipinski definition) is 2. The van der Waals surface area contributed by atoms with Gasteiger partial charge in [0.2, 0.25) is 5.91 Å². The summed E-state index contributed by atoms with van der Waals surface area (Å²) in [5, 5.41) is 3.22. The fourth-order valence-electron chi connectivity index (χ4n) is 6.93. The van der Waals surface area contributed by atoms with Crippen molar-refractivity contribution >= 4 is 5.91 Å². The van der Waals surface area contributed by atoms with Gasteiger partial charge in [-0.25, -0.2) is 0 Å². The molecular weight excluding hydrogens is 356 g/mol. The maximum absolute atomic E-state index is 11.7. The second kappa shape index (κ2) is 7.91. The van der Waals surface area contributed by atoms with Crippen molar-refractivity contribution in [2.75, 3.05) is 19.6 Å². The number of likely N-dealkylation sites (tertiary alicyclic amines) is 1. The van der Waals surface area contributed by atoms with Gasteiger partial charge in [0, 0.05) is 18.9 Å². The van der Waals surface area contributed by atoms with Crippen LogP contribution in [0.4, 0.5) is 0 Å². The second-order valence-corrected chi connectivity index (χ2v) is 10.3. The molecule has 29 heavy (non-hydrogen) atoms. The highest BCUT2D eigenvalue weighted by molar-refractivity contribution is 5.73. The zero-order valence-corrected chi connectivity index (χ0v) is 17.9. The van der Waals surface area contributed by atoms with E-state index in [1.54, 1.807) is 6.92 Å². The predicted octanol–water partition coefficient (Wildman–Crippen LogP) is 4.98. The molecular formula is C26H36N2O. The molecule has 1 spiro atoms. The van der Waals surface area contributed by atoms with Crippen LogP contribution in [0.15, 0.2) is 36.4 Å². The second-order valence-electron chi connectivity index (χ2n) is 10.3. The van der Waals surface area contributed by atoms with E-state index in [1.165, 1.54) is 75.7 Å². The van der Waals surface area contributed by atoms with Crippen molar-refractivity contribution in [2.24, 2.45) is 17.8 Å². The van der Waals surface area contributed by atoms with Gasteiger partial charge in [-0.05, 0) is 93.3 Å². The lowest BCUT2D eigenvalue weighted by molar-refractivity contribution is -0.119. The molecule has 1 aliphatic heterocycles. The van der Waals surface area contributed by atoms with Crippen LogP contribution < -0.4 is 5.32 Å². The van der Waals surface area contributed by atoms with Crippen LogP contribution in [0.5, 0.6) is 0 Å². The average molecular weight is 393 g/mol. The molecule has 156 valence electrons. The highest BCUT2D eigenvalue weighted by atomic mass is 16.1. The molecule has 1 heterocycles. The maximum Gasteiger partial charge on any atom is 0.217 e. The summed E-state index contributed by atoms with van der Waals surface area (Å²) in [6, 6.07) is 9.06. The summed E-state index contributed by atoms with van der Waals surface area (Å²) in [5.74, 6) is 2.77. The molecule has 1 saturated heterocycles. The third-order valence-corrected chi connectivity index (χ3v) is 8.34. The Morgan fingerprint density at radius 2 is 2.00 bits per heavy atom. The van der Waals surface area contributed by atoms with Crippen LogP contribution in [-0.4, -0.2) is 30.4 Å². The molecule has 1 unspecified atom stereocenters. The van der Waals surface area contributed by atoms with Gasteiger partial charge in [-0.2, -0.15) is 0 Å². The van der Waals surface area contributed by atoms with Gasteiger partial charge < -0.3 is 10.2 Å². The molecule has 0 radical (unpaired) electrons. The summed E-state index contributed by atoms with van der Waals surface area (Å²) < 4.78 is 0. The number of allylic oxidation sites excluding steroid dienone is 2. The lowest BCUT2D eigenvalue weighted by Crippen LogP contribution is -2.43. The first-order valence-electron chi connectivity index (χ1n) is 11.9. The number of amides is 1. The first-order chi connectivity index (χ1) is 14.1. The van der Waals surface area contributed by atoms with E-state index in [1.807, 2.05) is 0 Å². The van der Waals surface area contributed by atoms with Gasteiger partial charge in [0.15, 0.2) is 0 Å². The first kappa shape index (κ1) is 19.4. The Labute approximate surface area is 175 Å². The van der Waals surface area contributed by atoms with Crippen LogP contribution in [-0.2, 0) is 10.2 Å². The molecule has 3 nitrogen and oxygen atoms in total. The van der Waals surface area contributed by atoms with E-state index in [9.17, 15) is 4.79 Å². The number of nitrogens with zero attached hydrogens (tertiary/aromatic N) is 1. The van der Waals surface area contributed by atoms with Gasteiger partial charge in [0.25, 0.3) is 0 Å². The Kier molecular flexibility index (Phi) is 5.28. The molecule has 1 amide bonds. The number of nitrogens with one attached hydrogen (secondary N) is 1. The van der Waals surface area contributed by atoms with E-state index in [4.69, 9.17) is 0 Å². The monoisotopic (exact) mass is 392 g/mol. The zero-order chi connectivity index (χ0) is 19.8. The summed E-state index contributed by atoms with van der Waals surface area (Å²) >= 11 is 0. The van der Waals surface area contributed by atoms with Gasteiger partial charge >= 0.3 is 0 Å². The van der Waals surface area contributed by atoms with Crippen LogP contribution >= 0.6 is 0 Å². The number of piperidine rings is 1. The van der Waals surface area contributed by atoms with E-state index < -0.39 is 0 Å².